The van der Waals surface area contributed by atoms with Crippen molar-refractivity contribution in [2.75, 3.05) is 20.5 Å². The molecule has 6 nitrogen and oxygen atoms in total. The normalized spacial score (nSPS) is 11.9. The molecule has 184 valence electrons. The van der Waals surface area contributed by atoms with Gasteiger partial charge in [0.15, 0.2) is 19.2 Å². The van der Waals surface area contributed by atoms with Gasteiger partial charge < -0.3 is 14.2 Å². The standard InChI is InChI=1S/C23H17ClF5N3O3/c1-3-13-16(25)5-4-11-6-12(35-10-33-2)7-14(17(11)13)19-18(26)20-15(8-30-19)21(32-22(24)31-20)34-9-23(27,28)29/h4-8H,3,9-10H2,1-2H3. The van der Waals surface area contributed by atoms with E-state index in [0.29, 0.717) is 28.5 Å². The number of halogens is 6. The van der Waals surface area contributed by atoms with Gasteiger partial charge in [-0.2, -0.15) is 18.2 Å². The van der Waals surface area contributed by atoms with Crippen molar-refractivity contribution in [2.45, 2.75) is 19.5 Å². The van der Waals surface area contributed by atoms with Crippen LogP contribution in [0.15, 0.2) is 30.5 Å². The Morgan fingerprint density at radius 2 is 1.83 bits per heavy atom. The zero-order chi connectivity index (χ0) is 25.3. The zero-order valence-corrected chi connectivity index (χ0v) is 19.1. The second-order valence-corrected chi connectivity index (χ2v) is 7.72. The number of nitrogens with zero attached hydrogens (tertiary/aromatic N) is 3. The molecule has 0 amide bonds. The summed E-state index contributed by atoms with van der Waals surface area (Å²) >= 11 is 5.84. The molecule has 0 aliphatic carbocycles. The monoisotopic (exact) mass is 513 g/mol. The molecular weight excluding hydrogens is 497 g/mol. The van der Waals surface area contributed by atoms with E-state index < -0.39 is 41.1 Å². The summed E-state index contributed by atoms with van der Waals surface area (Å²) in [7, 11) is 1.43. The van der Waals surface area contributed by atoms with E-state index in [9.17, 15) is 17.6 Å². The molecule has 0 bridgehead atoms. The first kappa shape index (κ1) is 24.8. The molecule has 4 aromatic rings. The third-order valence-electron chi connectivity index (χ3n) is 5.09. The molecule has 0 N–H and O–H groups in total. The van der Waals surface area contributed by atoms with Gasteiger partial charge in [0, 0.05) is 18.9 Å². The van der Waals surface area contributed by atoms with E-state index in [1.807, 2.05) is 0 Å². The van der Waals surface area contributed by atoms with E-state index in [-0.39, 0.29) is 23.4 Å². The van der Waals surface area contributed by atoms with E-state index in [1.54, 1.807) is 13.0 Å². The summed E-state index contributed by atoms with van der Waals surface area (Å²) in [6, 6.07) is 5.94. The van der Waals surface area contributed by atoms with Crippen LogP contribution in [0.1, 0.15) is 12.5 Å². The van der Waals surface area contributed by atoms with E-state index >= 15 is 4.39 Å². The number of fused-ring (bicyclic) bond motifs is 2. The lowest BCUT2D eigenvalue weighted by Crippen LogP contribution is -2.20. The van der Waals surface area contributed by atoms with Gasteiger partial charge in [-0.3, -0.25) is 4.98 Å². The van der Waals surface area contributed by atoms with Crippen molar-refractivity contribution in [3.8, 4) is 22.9 Å². The predicted octanol–water partition coefficient (Wildman–Crippen LogP) is 6.26. The lowest BCUT2D eigenvalue weighted by atomic mass is 9.94. The average Bonchev–Trinajstić information content (AvgIpc) is 2.81. The molecule has 0 aliphatic heterocycles. The Labute approximate surface area is 200 Å². The van der Waals surface area contributed by atoms with Crippen molar-refractivity contribution in [3.63, 3.8) is 0 Å². The van der Waals surface area contributed by atoms with E-state index in [2.05, 4.69) is 15.0 Å². The topological polar surface area (TPSA) is 66.4 Å². The number of hydrogen-bond acceptors (Lipinski definition) is 6. The Kier molecular flexibility index (Phi) is 6.91. The maximum atomic E-state index is 15.8. The molecule has 0 saturated heterocycles. The minimum Gasteiger partial charge on any atom is -0.468 e. The summed E-state index contributed by atoms with van der Waals surface area (Å²) in [6.07, 6.45) is -3.28. The number of hydrogen-bond donors (Lipinski definition) is 0. The van der Waals surface area contributed by atoms with Crippen molar-refractivity contribution in [1.29, 1.82) is 0 Å². The van der Waals surface area contributed by atoms with Gasteiger partial charge in [0.1, 0.15) is 22.8 Å². The van der Waals surface area contributed by atoms with Crippen molar-refractivity contribution in [1.82, 2.24) is 15.0 Å². The summed E-state index contributed by atoms with van der Waals surface area (Å²) in [5.41, 5.74) is -0.121. The Hall–Kier alpha value is -3.31. The molecule has 0 unspecified atom stereocenters. The number of benzene rings is 2. The van der Waals surface area contributed by atoms with Crippen LogP contribution in [0.4, 0.5) is 22.0 Å². The van der Waals surface area contributed by atoms with Crippen LogP contribution < -0.4 is 9.47 Å². The maximum absolute atomic E-state index is 15.8. The number of methoxy groups -OCH3 is 1. The van der Waals surface area contributed by atoms with Crippen molar-refractivity contribution < 1.29 is 36.2 Å². The summed E-state index contributed by atoms with van der Waals surface area (Å²) in [6.45, 7) is -0.0109. The Bertz CT molecular complexity index is 1420. The molecule has 35 heavy (non-hydrogen) atoms. The highest BCUT2D eigenvalue weighted by Gasteiger charge is 2.30. The smallest absolute Gasteiger partial charge is 0.422 e. The number of rotatable bonds is 7. The fraction of sp³-hybridized carbons (Fsp3) is 0.261. The van der Waals surface area contributed by atoms with Gasteiger partial charge in [-0.15, -0.1) is 0 Å². The molecule has 2 aromatic heterocycles. The molecule has 0 aliphatic rings. The first-order chi connectivity index (χ1) is 16.6. The van der Waals surface area contributed by atoms with Gasteiger partial charge in [0.2, 0.25) is 11.2 Å². The molecular formula is C23H17ClF5N3O3. The van der Waals surface area contributed by atoms with Gasteiger partial charge in [0.25, 0.3) is 0 Å². The fourth-order valence-corrected chi connectivity index (χ4v) is 3.84. The highest BCUT2D eigenvalue weighted by molar-refractivity contribution is 6.28. The van der Waals surface area contributed by atoms with Gasteiger partial charge in [-0.05, 0) is 52.6 Å². The van der Waals surface area contributed by atoms with Crippen molar-refractivity contribution in [3.05, 3.63) is 52.9 Å². The van der Waals surface area contributed by atoms with Crippen LogP contribution in [0.5, 0.6) is 11.6 Å². The van der Waals surface area contributed by atoms with Crippen LogP contribution >= 0.6 is 11.6 Å². The lowest BCUT2D eigenvalue weighted by molar-refractivity contribution is -0.153. The molecule has 0 atom stereocenters. The second kappa shape index (κ2) is 9.74. The van der Waals surface area contributed by atoms with Crippen LogP contribution in [-0.4, -0.2) is 41.6 Å². The zero-order valence-electron chi connectivity index (χ0n) is 18.3. The van der Waals surface area contributed by atoms with Crippen LogP contribution in [0.3, 0.4) is 0 Å². The second-order valence-electron chi connectivity index (χ2n) is 7.38. The molecule has 0 saturated carbocycles. The van der Waals surface area contributed by atoms with Crippen LogP contribution in [0, 0.1) is 11.6 Å². The maximum Gasteiger partial charge on any atom is 0.422 e. The summed E-state index contributed by atoms with van der Waals surface area (Å²) < 4.78 is 83.5. The molecule has 2 heterocycles. The molecule has 12 heteroatoms. The third kappa shape index (κ3) is 5.06. The van der Waals surface area contributed by atoms with E-state index in [4.69, 9.17) is 25.8 Å². The first-order valence-corrected chi connectivity index (χ1v) is 10.6. The van der Waals surface area contributed by atoms with Gasteiger partial charge in [-0.1, -0.05) is 13.0 Å². The predicted molar refractivity (Wildman–Crippen MR) is 119 cm³/mol. The number of alkyl halides is 3. The molecule has 2 aromatic carbocycles. The summed E-state index contributed by atoms with van der Waals surface area (Å²) in [5.74, 6) is -1.75. The average molecular weight is 514 g/mol. The van der Waals surface area contributed by atoms with Crippen LogP contribution in [0.25, 0.3) is 32.9 Å². The number of ether oxygens (including phenoxy) is 3. The lowest BCUT2D eigenvalue weighted by Gasteiger charge is -2.16. The molecule has 0 radical (unpaired) electrons. The fourth-order valence-electron chi connectivity index (χ4n) is 3.68. The van der Waals surface area contributed by atoms with E-state index in [0.717, 1.165) is 6.20 Å². The summed E-state index contributed by atoms with van der Waals surface area (Å²) in [5, 5.41) is 0.228. The van der Waals surface area contributed by atoms with E-state index in [1.165, 1.54) is 25.3 Å². The number of aromatic nitrogens is 3. The van der Waals surface area contributed by atoms with Gasteiger partial charge in [-0.25, -0.2) is 13.8 Å². The molecule has 0 spiro atoms. The molecule has 4 rings (SSSR count). The van der Waals surface area contributed by atoms with Crippen molar-refractivity contribution >= 4 is 33.3 Å². The third-order valence-corrected chi connectivity index (χ3v) is 5.26. The Morgan fingerprint density at radius 1 is 1.06 bits per heavy atom. The minimum absolute atomic E-state index is 0.0941. The van der Waals surface area contributed by atoms with Crippen LogP contribution in [-0.2, 0) is 11.2 Å². The Balaban J connectivity index is 1.97. The van der Waals surface area contributed by atoms with Gasteiger partial charge >= 0.3 is 6.18 Å². The van der Waals surface area contributed by atoms with Crippen LogP contribution in [0.2, 0.25) is 5.28 Å². The Morgan fingerprint density at radius 3 is 2.51 bits per heavy atom. The quantitative estimate of drug-likeness (QED) is 0.165. The number of aryl methyl sites for hydroxylation is 1. The first-order valence-electron chi connectivity index (χ1n) is 10.2. The number of pyridine rings is 1. The minimum atomic E-state index is -4.65. The van der Waals surface area contributed by atoms with Gasteiger partial charge in [0.05, 0.1) is 5.39 Å². The highest BCUT2D eigenvalue weighted by Crippen LogP contribution is 2.39. The SMILES string of the molecule is CCc1c(F)ccc2cc(OCOC)cc(-c3ncc4c(OCC(F)(F)F)nc(Cl)nc4c3F)c12. The molecule has 0 fully saturated rings. The largest absolute Gasteiger partial charge is 0.468 e. The highest BCUT2D eigenvalue weighted by atomic mass is 35.5. The summed E-state index contributed by atoms with van der Waals surface area (Å²) in [4.78, 5) is 11.6. The van der Waals surface area contributed by atoms with Crippen molar-refractivity contribution in [2.24, 2.45) is 0 Å².